The van der Waals surface area contributed by atoms with Gasteiger partial charge in [-0.05, 0) is 44.2 Å². The molecule has 1 aromatic carbocycles. The topological polar surface area (TPSA) is 75.0 Å². The molecule has 0 radical (unpaired) electrons. The smallest absolute Gasteiger partial charge is 0.257 e. The number of hydrogen-bond acceptors (Lipinski definition) is 5. The number of rotatable bonds is 6. The molecule has 1 aromatic heterocycles. The maximum atomic E-state index is 12.5. The van der Waals surface area contributed by atoms with Crippen molar-refractivity contribution in [3.8, 4) is 5.75 Å². The standard InChI is InChI=1S/C20H25N3O4/c1-3-27-18-6-4-17(5-7-18)21-19(24)15(2)22-9-11-23(12-10-22)20(25)16-8-13-26-14-16/h4-8,13-15H,3,9-12H2,1-2H3,(H,21,24). The van der Waals surface area contributed by atoms with Crippen LogP contribution < -0.4 is 10.1 Å². The number of benzene rings is 1. The second kappa shape index (κ2) is 8.73. The number of anilines is 1. The number of ether oxygens (including phenoxy) is 1. The average molecular weight is 371 g/mol. The van der Waals surface area contributed by atoms with E-state index in [9.17, 15) is 9.59 Å². The van der Waals surface area contributed by atoms with E-state index in [2.05, 4.69) is 10.2 Å². The zero-order valence-electron chi connectivity index (χ0n) is 15.7. The lowest BCUT2D eigenvalue weighted by Crippen LogP contribution is -2.54. The van der Waals surface area contributed by atoms with E-state index >= 15 is 0 Å². The van der Waals surface area contributed by atoms with Crippen molar-refractivity contribution in [2.75, 3.05) is 38.1 Å². The van der Waals surface area contributed by atoms with Gasteiger partial charge in [0.1, 0.15) is 12.0 Å². The van der Waals surface area contributed by atoms with Gasteiger partial charge in [0.2, 0.25) is 5.91 Å². The van der Waals surface area contributed by atoms with Crippen molar-refractivity contribution >= 4 is 17.5 Å². The quantitative estimate of drug-likeness (QED) is 0.844. The Labute approximate surface area is 158 Å². The summed E-state index contributed by atoms with van der Waals surface area (Å²) in [7, 11) is 0. The molecule has 3 rings (SSSR count). The Morgan fingerprint density at radius 1 is 1.15 bits per heavy atom. The van der Waals surface area contributed by atoms with Crippen molar-refractivity contribution in [1.82, 2.24) is 9.80 Å². The molecule has 1 atom stereocenters. The molecule has 1 fully saturated rings. The highest BCUT2D eigenvalue weighted by molar-refractivity contribution is 5.95. The van der Waals surface area contributed by atoms with Gasteiger partial charge in [-0.1, -0.05) is 0 Å². The molecular formula is C20H25N3O4. The summed E-state index contributed by atoms with van der Waals surface area (Å²) in [6.45, 7) is 6.91. The Balaban J connectivity index is 1.50. The Morgan fingerprint density at radius 2 is 1.85 bits per heavy atom. The number of amides is 2. The van der Waals surface area contributed by atoms with Crippen LogP contribution in [0, 0.1) is 0 Å². The van der Waals surface area contributed by atoms with Gasteiger partial charge in [0.25, 0.3) is 5.91 Å². The Hall–Kier alpha value is -2.80. The molecule has 0 bridgehead atoms. The van der Waals surface area contributed by atoms with Crippen molar-refractivity contribution < 1.29 is 18.7 Å². The molecular weight excluding hydrogens is 346 g/mol. The van der Waals surface area contributed by atoms with Crippen LogP contribution in [-0.4, -0.2) is 60.4 Å². The number of furan rings is 1. The summed E-state index contributed by atoms with van der Waals surface area (Å²) >= 11 is 0. The largest absolute Gasteiger partial charge is 0.494 e. The minimum Gasteiger partial charge on any atom is -0.494 e. The average Bonchev–Trinajstić information content (AvgIpc) is 3.23. The maximum absolute atomic E-state index is 12.5. The van der Waals surface area contributed by atoms with E-state index < -0.39 is 0 Å². The van der Waals surface area contributed by atoms with Crippen LogP contribution >= 0.6 is 0 Å². The third-order valence-electron chi connectivity index (χ3n) is 4.73. The summed E-state index contributed by atoms with van der Waals surface area (Å²) in [5.74, 6) is 0.686. The number of nitrogens with zero attached hydrogens (tertiary/aromatic N) is 2. The molecule has 0 spiro atoms. The monoisotopic (exact) mass is 371 g/mol. The van der Waals surface area contributed by atoms with Gasteiger partial charge in [0.15, 0.2) is 0 Å². The third-order valence-corrected chi connectivity index (χ3v) is 4.73. The van der Waals surface area contributed by atoms with Crippen molar-refractivity contribution in [2.24, 2.45) is 0 Å². The van der Waals surface area contributed by atoms with Crippen molar-refractivity contribution in [3.05, 3.63) is 48.4 Å². The maximum Gasteiger partial charge on any atom is 0.257 e. The molecule has 2 amide bonds. The number of piperazine rings is 1. The van der Waals surface area contributed by atoms with E-state index in [4.69, 9.17) is 9.15 Å². The first-order valence-electron chi connectivity index (χ1n) is 9.17. The lowest BCUT2D eigenvalue weighted by atomic mass is 10.2. The van der Waals surface area contributed by atoms with Crippen LogP contribution in [0.5, 0.6) is 5.75 Å². The summed E-state index contributed by atoms with van der Waals surface area (Å²) in [5.41, 5.74) is 1.30. The van der Waals surface area contributed by atoms with Crippen molar-refractivity contribution in [3.63, 3.8) is 0 Å². The second-order valence-electron chi connectivity index (χ2n) is 6.46. The molecule has 1 N–H and O–H groups in total. The van der Waals surface area contributed by atoms with Crippen LogP contribution in [0.4, 0.5) is 5.69 Å². The molecule has 2 heterocycles. The molecule has 1 aliphatic heterocycles. The molecule has 2 aromatic rings. The zero-order chi connectivity index (χ0) is 19.2. The Morgan fingerprint density at radius 3 is 2.44 bits per heavy atom. The molecule has 1 unspecified atom stereocenters. The molecule has 1 aliphatic rings. The predicted molar refractivity (Wildman–Crippen MR) is 102 cm³/mol. The van der Waals surface area contributed by atoms with Gasteiger partial charge in [-0.3, -0.25) is 14.5 Å². The SMILES string of the molecule is CCOc1ccc(NC(=O)C(C)N2CCN(C(=O)c3ccoc3)CC2)cc1. The fraction of sp³-hybridized carbons (Fsp3) is 0.400. The molecule has 144 valence electrons. The number of nitrogens with one attached hydrogen (secondary N) is 1. The number of hydrogen-bond donors (Lipinski definition) is 1. The molecule has 27 heavy (non-hydrogen) atoms. The summed E-state index contributed by atoms with van der Waals surface area (Å²) in [6.07, 6.45) is 2.96. The molecule has 7 nitrogen and oxygen atoms in total. The predicted octanol–water partition coefficient (Wildman–Crippen LogP) is 2.46. The van der Waals surface area contributed by atoms with E-state index in [1.807, 2.05) is 38.1 Å². The fourth-order valence-corrected chi connectivity index (χ4v) is 3.09. The number of carbonyl (C=O) groups is 2. The minimum absolute atomic E-state index is 0.0325. The first-order chi connectivity index (χ1) is 13.1. The summed E-state index contributed by atoms with van der Waals surface area (Å²) in [5, 5.41) is 2.94. The van der Waals surface area contributed by atoms with Crippen LogP contribution in [0.3, 0.4) is 0 Å². The first-order valence-corrected chi connectivity index (χ1v) is 9.17. The van der Waals surface area contributed by atoms with Gasteiger partial charge in [-0.15, -0.1) is 0 Å². The van der Waals surface area contributed by atoms with E-state index in [-0.39, 0.29) is 17.9 Å². The highest BCUT2D eigenvalue weighted by Gasteiger charge is 2.28. The van der Waals surface area contributed by atoms with Crippen LogP contribution in [0.2, 0.25) is 0 Å². The van der Waals surface area contributed by atoms with Gasteiger partial charge < -0.3 is 19.4 Å². The summed E-state index contributed by atoms with van der Waals surface area (Å²) < 4.78 is 10.4. The number of carbonyl (C=O) groups excluding carboxylic acids is 2. The summed E-state index contributed by atoms with van der Waals surface area (Å²) in [4.78, 5) is 28.8. The van der Waals surface area contributed by atoms with E-state index in [0.717, 1.165) is 11.4 Å². The second-order valence-corrected chi connectivity index (χ2v) is 6.46. The van der Waals surface area contributed by atoms with E-state index in [0.29, 0.717) is 38.3 Å². The molecule has 7 heteroatoms. The van der Waals surface area contributed by atoms with E-state index in [1.54, 1.807) is 11.0 Å². The normalized spacial score (nSPS) is 16.0. The van der Waals surface area contributed by atoms with Gasteiger partial charge in [-0.2, -0.15) is 0 Å². The lowest BCUT2D eigenvalue weighted by Gasteiger charge is -2.37. The Kier molecular flexibility index (Phi) is 6.13. The Bertz CT molecular complexity index is 750. The highest BCUT2D eigenvalue weighted by Crippen LogP contribution is 2.17. The first kappa shape index (κ1) is 19.0. The van der Waals surface area contributed by atoms with Gasteiger partial charge in [0, 0.05) is 31.9 Å². The fourth-order valence-electron chi connectivity index (χ4n) is 3.09. The molecule has 0 saturated carbocycles. The van der Waals surface area contributed by atoms with Gasteiger partial charge >= 0.3 is 0 Å². The van der Waals surface area contributed by atoms with Gasteiger partial charge in [0.05, 0.1) is 24.5 Å². The van der Waals surface area contributed by atoms with Crippen LogP contribution in [0.1, 0.15) is 24.2 Å². The zero-order valence-corrected chi connectivity index (χ0v) is 15.7. The van der Waals surface area contributed by atoms with Crippen LogP contribution in [0.15, 0.2) is 47.3 Å². The van der Waals surface area contributed by atoms with Crippen molar-refractivity contribution in [1.29, 1.82) is 0 Å². The minimum atomic E-state index is -0.275. The van der Waals surface area contributed by atoms with Crippen LogP contribution in [-0.2, 0) is 4.79 Å². The summed E-state index contributed by atoms with van der Waals surface area (Å²) in [6, 6.07) is 8.73. The lowest BCUT2D eigenvalue weighted by molar-refractivity contribution is -0.121. The molecule has 1 saturated heterocycles. The van der Waals surface area contributed by atoms with Crippen molar-refractivity contribution in [2.45, 2.75) is 19.9 Å². The molecule has 0 aliphatic carbocycles. The van der Waals surface area contributed by atoms with E-state index in [1.165, 1.54) is 12.5 Å². The van der Waals surface area contributed by atoms with Gasteiger partial charge in [-0.25, -0.2) is 0 Å². The van der Waals surface area contributed by atoms with Crippen LogP contribution in [0.25, 0.3) is 0 Å². The highest BCUT2D eigenvalue weighted by atomic mass is 16.5. The third kappa shape index (κ3) is 4.68.